The molecule has 0 bridgehead atoms. The topological polar surface area (TPSA) is 131 Å². The highest BCUT2D eigenvalue weighted by atomic mass is 19.1. The molecule has 0 radical (unpaired) electrons. The molecule has 0 saturated heterocycles. The molecule has 1 fully saturated rings. The van der Waals surface area contributed by atoms with Gasteiger partial charge in [-0.3, -0.25) is 9.59 Å². The minimum Gasteiger partial charge on any atom is -0.458 e. The number of aliphatic hydroxyl groups is 2. The van der Waals surface area contributed by atoms with Crippen molar-refractivity contribution in [1.29, 1.82) is 0 Å². The molecule has 2 aromatic heterocycles. The molecule has 10 heteroatoms. The van der Waals surface area contributed by atoms with Crippen molar-refractivity contribution in [2.24, 2.45) is 5.92 Å². The molecule has 0 spiro atoms. The maximum absolute atomic E-state index is 15.0. The van der Waals surface area contributed by atoms with Crippen molar-refractivity contribution in [1.82, 2.24) is 14.9 Å². The van der Waals surface area contributed by atoms with E-state index in [2.05, 4.69) is 5.32 Å². The summed E-state index contributed by atoms with van der Waals surface area (Å²) in [6, 6.07) is 2.66. The third-order valence-electron chi connectivity index (χ3n) is 9.18. The van der Waals surface area contributed by atoms with Crippen LogP contribution in [0.25, 0.3) is 22.3 Å². The second kappa shape index (κ2) is 8.19. The molecule has 3 aromatic rings. The first-order valence-electron chi connectivity index (χ1n) is 13.4. The fraction of sp³-hybridized carbons (Fsp3) is 0.448. The van der Waals surface area contributed by atoms with Gasteiger partial charge in [0.15, 0.2) is 5.60 Å². The molecule has 2 aliphatic carbocycles. The highest BCUT2D eigenvalue weighted by molar-refractivity contribution is 5.94. The number of fused-ring (bicyclic) bond motifs is 5. The first kappa shape index (κ1) is 24.4. The second-order valence-corrected chi connectivity index (χ2v) is 11.2. The van der Waals surface area contributed by atoms with Crippen LogP contribution in [0.15, 0.2) is 16.9 Å². The largest absolute Gasteiger partial charge is 0.458 e. The van der Waals surface area contributed by atoms with Crippen LogP contribution in [-0.2, 0) is 39.5 Å². The van der Waals surface area contributed by atoms with Gasteiger partial charge in [0.1, 0.15) is 12.4 Å². The van der Waals surface area contributed by atoms with E-state index in [0.29, 0.717) is 48.2 Å². The van der Waals surface area contributed by atoms with Gasteiger partial charge in [0.2, 0.25) is 5.91 Å². The van der Waals surface area contributed by atoms with Crippen LogP contribution in [0.4, 0.5) is 4.39 Å². The molecule has 1 saturated carbocycles. The van der Waals surface area contributed by atoms with Crippen molar-refractivity contribution < 1.29 is 28.9 Å². The standard InChI is InChI=1S/C29H28FN3O6/c1-3-29(38)18-8-22-25-16(10-33(22)27(36)17(18)11-39-28(29)37)24-20(32-26(35)13-6-14(34)7-13)5-4-15-12(2)19(30)9-21(31-25)23(15)24/h8-9,13-14,20,34,38H,3-7,10-11H2,1-2H3,(H,32,35)/t13?,14?,20?,29-/m0/s1. The van der Waals surface area contributed by atoms with Gasteiger partial charge in [-0.05, 0) is 61.8 Å². The summed E-state index contributed by atoms with van der Waals surface area (Å²) in [6.07, 6.45) is 1.55. The highest BCUT2D eigenvalue weighted by Gasteiger charge is 2.46. The number of halogens is 1. The molecule has 2 aliphatic heterocycles. The van der Waals surface area contributed by atoms with Crippen LogP contribution in [0, 0.1) is 18.7 Å². The van der Waals surface area contributed by atoms with Crippen LogP contribution < -0.4 is 10.9 Å². The Labute approximate surface area is 222 Å². The molecular weight excluding hydrogens is 505 g/mol. The Kier molecular flexibility index (Phi) is 5.13. The molecule has 9 nitrogen and oxygen atoms in total. The number of nitrogens with zero attached hydrogens (tertiary/aromatic N) is 2. The number of aromatic nitrogens is 2. The van der Waals surface area contributed by atoms with Crippen LogP contribution in [0.1, 0.15) is 72.0 Å². The quantitative estimate of drug-likeness (QED) is 0.345. The summed E-state index contributed by atoms with van der Waals surface area (Å²) in [5, 5.41) is 24.8. The Hall–Kier alpha value is -3.63. The Morgan fingerprint density at radius 3 is 2.74 bits per heavy atom. The number of carbonyl (C=O) groups is 2. The van der Waals surface area contributed by atoms with Gasteiger partial charge in [-0.1, -0.05) is 6.92 Å². The molecule has 1 amide bonds. The number of aliphatic hydroxyl groups excluding tert-OH is 1. The Balaban J connectivity index is 1.45. The van der Waals surface area contributed by atoms with Crippen LogP contribution in [-0.4, -0.2) is 37.7 Å². The number of ether oxygens (including phenoxy) is 1. The number of esters is 1. The third kappa shape index (κ3) is 3.24. The number of rotatable bonds is 3. The summed E-state index contributed by atoms with van der Waals surface area (Å²) in [5.41, 5.74) is 2.45. The number of hydrogen-bond donors (Lipinski definition) is 3. The monoisotopic (exact) mass is 533 g/mol. The lowest BCUT2D eigenvalue weighted by Gasteiger charge is -2.34. The Bertz CT molecular complexity index is 1690. The number of hydrogen-bond acceptors (Lipinski definition) is 7. The molecule has 7 rings (SSSR count). The molecule has 1 unspecified atom stereocenters. The van der Waals surface area contributed by atoms with E-state index in [1.807, 2.05) is 0 Å². The smallest absolute Gasteiger partial charge is 0.343 e. The van der Waals surface area contributed by atoms with Gasteiger partial charge in [0.25, 0.3) is 5.56 Å². The summed E-state index contributed by atoms with van der Waals surface area (Å²) < 4.78 is 21.7. The maximum Gasteiger partial charge on any atom is 0.343 e. The van der Waals surface area contributed by atoms with Crippen LogP contribution in [0.2, 0.25) is 0 Å². The minimum atomic E-state index is -1.95. The number of benzene rings is 1. The molecule has 4 heterocycles. The molecule has 39 heavy (non-hydrogen) atoms. The van der Waals surface area contributed by atoms with E-state index in [9.17, 15) is 24.6 Å². The highest BCUT2D eigenvalue weighted by Crippen LogP contribution is 2.46. The van der Waals surface area contributed by atoms with E-state index >= 15 is 4.39 Å². The zero-order valence-corrected chi connectivity index (χ0v) is 21.6. The summed E-state index contributed by atoms with van der Waals surface area (Å²) in [7, 11) is 0. The Morgan fingerprint density at radius 1 is 1.26 bits per heavy atom. The van der Waals surface area contributed by atoms with Crippen molar-refractivity contribution in [2.45, 2.75) is 76.9 Å². The molecule has 2 atom stereocenters. The van der Waals surface area contributed by atoms with Gasteiger partial charge in [0.05, 0.1) is 41.2 Å². The van der Waals surface area contributed by atoms with Gasteiger partial charge >= 0.3 is 5.97 Å². The summed E-state index contributed by atoms with van der Waals surface area (Å²) in [4.78, 5) is 44.1. The Morgan fingerprint density at radius 2 is 2.03 bits per heavy atom. The van der Waals surface area contributed by atoms with Crippen molar-refractivity contribution in [3.63, 3.8) is 0 Å². The summed E-state index contributed by atoms with van der Waals surface area (Å²) in [6.45, 7) is 3.35. The molecular formula is C29H28FN3O6. The molecule has 3 N–H and O–H groups in total. The number of aryl methyl sites for hydroxylation is 1. The lowest BCUT2D eigenvalue weighted by atomic mass is 9.79. The fourth-order valence-electron chi connectivity index (χ4n) is 6.79. The van der Waals surface area contributed by atoms with E-state index < -0.39 is 17.7 Å². The zero-order valence-electron chi connectivity index (χ0n) is 21.6. The SMILES string of the molecule is CC[C@@]1(O)C(=O)OCc2c1cc1n(c2=O)Cc2c-1nc1cc(F)c(C)c3c1c2C(NC(=O)C1CC(O)C1)CC3. The number of amides is 1. The van der Waals surface area contributed by atoms with Crippen molar-refractivity contribution in [3.8, 4) is 11.4 Å². The van der Waals surface area contributed by atoms with E-state index in [1.165, 1.54) is 6.07 Å². The predicted molar refractivity (Wildman–Crippen MR) is 137 cm³/mol. The third-order valence-corrected chi connectivity index (χ3v) is 9.18. The number of nitrogens with one attached hydrogen (secondary N) is 1. The fourth-order valence-corrected chi connectivity index (χ4v) is 6.79. The van der Waals surface area contributed by atoms with Gasteiger partial charge in [-0.2, -0.15) is 0 Å². The van der Waals surface area contributed by atoms with Gasteiger partial charge in [-0.15, -0.1) is 0 Å². The maximum atomic E-state index is 15.0. The van der Waals surface area contributed by atoms with Gasteiger partial charge in [-0.25, -0.2) is 14.2 Å². The number of cyclic esters (lactones) is 1. The van der Waals surface area contributed by atoms with Gasteiger partial charge < -0.3 is 24.8 Å². The lowest BCUT2D eigenvalue weighted by molar-refractivity contribution is -0.172. The van der Waals surface area contributed by atoms with Crippen molar-refractivity contribution in [3.05, 3.63) is 61.7 Å². The van der Waals surface area contributed by atoms with Gasteiger partial charge in [0, 0.05) is 28.5 Å². The van der Waals surface area contributed by atoms with Crippen LogP contribution >= 0.6 is 0 Å². The summed E-state index contributed by atoms with van der Waals surface area (Å²) >= 11 is 0. The average molecular weight is 534 g/mol. The molecule has 1 aromatic carbocycles. The average Bonchev–Trinajstić information content (AvgIpc) is 3.27. The molecule has 202 valence electrons. The van der Waals surface area contributed by atoms with E-state index in [-0.39, 0.29) is 59.9 Å². The second-order valence-electron chi connectivity index (χ2n) is 11.2. The van der Waals surface area contributed by atoms with Crippen molar-refractivity contribution in [2.75, 3.05) is 0 Å². The van der Waals surface area contributed by atoms with E-state index in [0.717, 1.165) is 22.1 Å². The number of pyridine rings is 2. The van der Waals surface area contributed by atoms with E-state index in [4.69, 9.17) is 9.72 Å². The summed E-state index contributed by atoms with van der Waals surface area (Å²) in [5.74, 6) is -1.55. The first-order chi connectivity index (χ1) is 18.6. The number of carbonyl (C=O) groups excluding carboxylic acids is 2. The minimum absolute atomic E-state index is 0.0306. The first-order valence-corrected chi connectivity index (χ1v) is 13.4. The van der Waals surface area contributed by atoms with Crippen LogP contribution in [0.5, 0.6) is 0 Å². The zero-order chi connectivity index (χ0) is 27.4. The lowest BCUT2D eigenvalue weighted by Crippen LogP contribution is -2.44. The van der Waals surface area contributed by atoms with E-state index in [1.54, 1.807) is 24.5 Å². The molecule has 4 aliphatic rings. The van der Waals surface area contributed by atoms with Crippen LogP contribution in [0.3, 0.4) is 0 Å². The predicted octanol–water partition coefficient (Wildman–Crippen LogP) is 2.40. The van der Waals surface area contributed by atoms with Crippen molar-refractivity contribution >= 4 is 22.8 Å². The normalized spacial score (nSPS) is 26.4.